The molecule has 0 amide bonds. The molecule has 8 heterocycles. The lowest BCUT2D eigenvalue weighted by Gasteiger charge is -2.12. The van der Waals surface area contributed by atoms with Gasteiger partial charge in [0.15, 0.2) is 11.3 Å². The van der Waals surface area contributed by atoms with Crippen LogP contribution in [0, 0.1) is 27.7 Å². The van der Waals surface area contributed by atoms with Gasteiger partial charge in [-0.15, -0.1) is 11.3 Å². The summed E-state index contributed by atoms with van der Waals surface area (Å²) in [6, 6.07) is 25.3. The molecule has 15 heteroatoms. The monoisotopic (exact) mass is 827 g/mol. The standard InChI is InChI=1S/C46H45N13OS/c1-26-19-38(48-25-34-9-8-18-61-34)45-50-28(3)43(58(45)52-26)32-12-16-41-36(21-32)37(55-57(41)6)14-13-33-22-39(47-23-30-10-17-42(60-7)49-24-30)46-51-29(4)44(59(46)54-33)31-11-15-40-35(20-31)27(2)53-56(40)5/h8-12,15-22,24,47-48H,13-14,23,25H2,1-7H3. The predicted octanol–water partition coefficient (Wildman–Crippen LogP) is 8.59. The Morgan fingerprint density at radius 1 is 0.656 bits per heavy atom. The van der Waals surface area contributed by atoms with Crippen LogP contribution < -0.4 is 15.4 Å². The van der Waals surface area contributed by atoms with E-state index in [0.29, 0.717) is 25.3 Å². The van der Waals surface area contributed by atoms with Crippen LogP contribution in [0.5, 0.6) is 5.88 Å². The maximum absolute atomic E-state index is 5.29. The van der Waals surface area contributed by atoms with Gasteiger partial charge in [0.05, 0.1) is 75.1 Å². The Morgan fingerprint density at radius 2 is 1.33 bits per heavy atom. The summed E-state index contributed by atoms with van der Waals surface area (Å²) in [6.07, 6.45) is 3.15. The van der Waals surface area contributed by atoms with Gasteiger partial charge in [-0.3, -0.25) is 9.36 Å². The second kappa shape index (κ2) is 15.2. The SMILES string of the molecule is COc1ccc(CNc2cc(CCc3nn(C)c4ccc(-c5c(C)nc6c(NCc7cccs7)cc(C)nn56)cc34)nn3c(-c4ccc5c(c4)c(C)nn5C)c(C)nc23)cn1. The number of anilines is 2. The van der Waals surface area contributed by atoms with E-state index in [0.717, 1.165) is 113 Å². The van der Waals surface area contributed by atoms with Gasteiger partial charge < -0.3 is 15.4 Å². The molecule has 0 aliphatic carbocycles. The zero-order chi connectivity index (χ0) is 41.9. The molecule has 0 saturated carbocycles. The number of pyridine rings is 1. The molecular weight excluding hydrogens is 783 g/mol. The summed E-state index contributed by atoms with van der Waals surface area (Å²) in [5, 5.41) is 31.5. The molecular formula is C46H45N13OS. The number of aryl methyl sites for hydroxylation is 8. The van der Waals surface area contributed by atoms with Crippen molar-refractivity contribution >= 4 is 55.8 Å². The molecule has 0 atom stereocenters. The van der Waals surface area contributed by atoms with E-state index in [1.165, 1.54) is 4.88 Å². The number of ether oxygens (including phenoxy) is 1. The van der Waals surface area contributed by atoms with Crippen LogP contribution in [0.15, 0.2) is 84.4 Å². The molecule has 0 spiro atoms. The van der Waals surface area contributed by atoms with Crippen molar-refractivity contribution in [1.82, 2.24) is 53.7 Å². The first kappa shape index (κ1) is 38.1. The fourth-order valence-corrected chi connectivity index (χ4v) is 9.05. The van der Waals surface area contributed by atoms with Crippen LogP contribution in [-0.2, 0) is 40.0 Å². The summed E-state index contributed by atoms with van der Waals surface area (Å²) in [5.74, 6) is 0.577. The highest BCUT2D eigenvalue weighted by atomic mass is 32.1. The van der Waals surface area contributed by atoms with Crippen molar-refractivity contribution in [2.75, 3.05) is 17.7 Å². The molecule has 61 heavy (non-hydrogen) atoms. The van der Waals surface area contributed by atoms with Gasteiger partial charge in [-0.2, -0.15) is 20.4 Å². The third-order valence-electron chi connectivity index (χ3n) is 11.3. The Hall–Kier alpha value is -7.13. The fraction of sp³-hybridized carbons (Fsp3) is 0.239. The van der Waals surface area contributed by atoms with Crippen molar-refractivity contribution < 1.29 is 4.74 Å². The third kappa shape index (κ3) is 6.89. The van der Waals surface area contributed by atoms with Gasteiger partial charge in [0, 0.05) is 66.2 Å². The number of fused-ring (bicyclic) bond motifs is 4. The molecule has 0 aliphatic heterocycles. The summed E-state index contributed by atoms with van der Waals surface area (Å²) in [6.45, 7) is 9.44. The normalized spacial score (nSPS) is 11.8. The van der Waals surface area contributed by atoms with E-state index in [-0.39, 0.29) is 0 Å². The number of benzene rings is 2. The Balaban J connectivity index is 1.01. The van der Waals surface area contributed by atoms with Crippen LogP contribution in [0.1, 0.15) is 44.6 Å². The van der Waals surface area contributed by atoms with Crippen molar-refractivity contribution in [2.45, 2.75) is 53.6 Å². The summed E-state index contributed by atoms with van der Waals surface area (Å²) < 4.78 is 13.1. The van der Waals surface area contributed by atoms with Gasteiger partial charge in [0.25, 0.3) is 0 Å². The number of imidazole rings is 2. The molecule has 0 unspecified atom stereocenters. The van der Waals surface area contributed by atoms with E-state index in [4.69, 9.17) is 30.0 Å². The smallest absolute Gasteiger partial charge is 0.212 e. The van der Waals surface area contributed by atoms with E-state index >= 15 is 0 Å². The lowest BCUT2D eigenvalue weighted by molar-refractivity contribution is 0.397. The van der Waals surface area contributed by atoms with Crippen molar-refractivity contribution in [2.24, 2.45) is 14.1 Å². The van der Waals surface area contributed by atoms with E-state index < -0.39 is 0 Å². The summed E-state index contributed by atoms with van der Waals surface area (Å²) in [5.41, 5.74) is 16.1. The molecule has 0 radical (unpaired) electrons. The first-order valence-corrected chi connectivity index (χ1v) is 21.1. The van der Waals surface area contributed by atoms with Crippen molar-refractivity contribution in [1.29, 1.82) is 0 Å². The summed E-state index contributed by atoms with van der Waals surface area (Å²) in [7, 11) is 5.60. The predicted molar refractivity (Wildman–Crippen MR) is 242 cm³/mol. The highest BCUT2D eigenvalue weighted by Crippen LogP contribution is 2.34. The average Bonchev–Trinajstić information content (AvgIpc) is 4.09. The van der Waals surface area contributed by atoms with Gasteiger partial charge in [-0.1, -0.05) is 24.3 Å². The number of nitrogens with one attached hydrogen (secondary N) is 2. The lowest BCUT2D eigenvalue weighted by atomic mass is 10.0. The number of thiophene rings is 1. The molecule has 306 valence electrons. The molecule has 10 rings (SSSR count). The van der Waals surface area contributed by atoms with Crippen LogP contribution >= 0.6 is 11.3 Å². The minimum atomic E-state index is 0.551. The second-order valence-corrected chi connectivity index (χ2v) is 16.6. The first-order chi connectivity index (χ1) is 29.6. The molecule has 8 aromatic heterocycles. The van der Waals surface area contributed by atoms with Crippen LogP contribution in [-0.4, -0.2) is 60.9 Å². The van der Waals surface area contributed by atoms with E-state index in [9.17, 15) is 0 Å². The Bertz CT molecular complexity index is 3260. The average molecular weight is 828 g/mol. The fourth-order valence-electron chi connectivity index (χ4n) is 8.41. The minimum Gasteiger partial charge on any atom is -0.481 e. The topological polar surface area (TPSA) is 142 Å². The highest BCUT2D eigenvalue weighted by molar-refractivity contribution is 7.09. The Kier molecular flexibility index (Phi) is 9.47. The number of hydrogen-bond donors (Lipinski definition) is 2. The first-order valence-electron chi connectivity index (χ1n) is 20.3. The van der Waals surface area contributed by atoms with Crippen LogP contribution in [0.25, 0.3) is 55.6 Å². The van der Waals surface area contributed by atoms with Gasteiger partial charge in [-0.05, 0) is 93.9 Å². The van der Waals surface area contributed by atoms with E-state index in [1.54, 1.807) is 18.4 Å². The molecule has 0 bridgehead atoms. The molecule has 10 aromatic rings. The second-order valence-electron chi connectivity index (χ2n) is 15.5. The largest absolute Gasteiger partial charge is 0.481 e. The molecule has 0 aliphatic rings. The van der Waals surface area contributed by atoms with Crippen LogP contribution in [0.3, 0.4) is 0 Å². The van der Waals surface area contributed by atoms with Crippen molar-refractivity contribution in [3.05, 3.63) is 129 Å². The van der Waals surface area contributed by atoms with Crippen LogP contribution in [0.2, 0.25) is 0 Å². The van der Waals surface area contributed by atoms with Crippen molar-refractivity contribution in [3.63, 3.8) is 0 Å². The third-order valence-corrected chi connectivity index (χ3v) is 12.2. The lowest BCUT2D eigenvalue weighted by Crippen LogP contribution is -2.08. The van der Waals surface area contributed by atoms with Gasteiger partial charge in [-0.25, -0.2) is 24.0 Å². The highest BCUT2D eigenvalue weighted by Gasteiger charge is 2.21. The maximum Gasteiger partial charge on any atom is 0.212 e. The quantitative estimate of drug-likeness (QED) is 0.123. The zero-order valence-corrected chi connectivity index (χ0v) is 36.0. The zero-order valence-electron chi connectivity index (χ0n) is 35.1. The molecule has 2 aromatic carbocycles. The number of rotatable bonds is 12. The number of hydrogen-bond acceptors (Lipinski definition) is 11. The van der Waals surface area contributed by atoms with Gasteiger partial charge in [0.1, 0.15) is 0 Å². The summed E-state index contributed by atoms with van der Waals surface area (Å²) >= 11 is 1.74. The summed E-state index contributed by atoms with van der Waals surface area (Å²) in [4.78, 5) is 15.8. The molecule has 0 saturated heterocycles. The van der Waals surface area contributed by atoms with Gasteiger partial charge >= 0.3 is 0 Å². The van der Waals surface area contributed by atoms with E-state index in [2.05, 4.69) is 93.7 Å². The minimum absolute atomic E-state index is 0.551. The van der Waals surface area contributed by atoms with E-state index in [1.807, 2.05) is 71.6 Å². The van der Waals surface area contributed by atoms with Gasteiger partial charge in [0.2, 0.25) is 5.88 Å². The molecule has 0 fully saturated rings. The van der Waals surface area contributed by atoms with Crippen molar-refractivity contribution in [3.8, 4) is 28.4 Å². The Morgan fingerprint density at radius 3 is 2.02 bits per heavy atom. The van der Waals surface area contributed by atoms with Crippen LogP contribution in [0.4, 0.5) is 11.4 Å². The Labute approximate surface area is 355 Å². The number of nitrogens with zero attached hydrogens (tertiary/aromatic N) is 11. The number of aromatic nitrogens is 11. The molecule has 2 N–H and O–H groups in total. The maximum atomic E-state index is 5.29. The number of methoxy groups -OCH3 is 1. The molecule has 14 nitrogen and oxygen atoms in total.